The fourth-order valence-electron chi connectivity index (χ4n) is 2.64. The Morgan fingerprint density at radius 2 is 2.00 bits per heavy atom. The summed E-state index contributed by atoms with van der Waals surface area (Å²) in [7, 11) is 1.97. The molecule has 0 amide bonds. The van der Waals surface area contributed by atoms with Gasteiger partial charge in [-0.05, 0) is 56.1 Å². The van der Waals surface area contributed by atoms with Crippen molar-refractivity contribution in [1.82, 2.24) is 15.1 Å². The van der Waals surface area contributed by atoms with Gasteiger partial charge in [0.15, 0.2) is 0 Å². The summed E-state index contributed by atoms with van der Waals surface area (Å²) in [5.41, 5.74) is 4.55. The maximum atomic E-state index is 6.36. The summed E-state index contributed by atoms with van der Waals surface area (Å²) >= 11 is 12.5. The van der Waals surface area contributed by atoms with E-state index in [9.17, 15) is 0 Å². The molecule has 0 bridgehead atoms. The highest BCUT2D eigenvalue weighted by atomic mass is 35.5. The molecule has 1 atom stereocenters. The largest absolute Gasteiger partial charge is 0.310 e. The Morgan fingerprint density at radius 1 is 1.29 bits per heavy atom. The molecule has 2 aromatic rings. The minimum atomic E-state index is 0.128. The molecule has 1 aromatic heterocycles. The van der Waals surface area contributed by atoms with Crippen LogP contribution in [-0.2, 0) is 13.5 Å². The first-order valence-electron chi connectivity index (χ1n) is 7.11. The summed E-state index contributed by atoms with van der Waals surface area (Å²) in [5, 5.41) is 9.43. The summed E-state index contributed by atoms with van der Waals surface area (Å²) in [6.07, 6.45) is 0.847. The van der Waals surface area contributed by atoms with E-state index >= 15 is 0 Å². The Morgan fingerprint density at radius 3 is 2.57 bits per heavy atom. The first-order chi connectivity index (χ1) is 9.93. The van der Waals surface area contributed by atoms with Crippen LogP contribution in [0.15, 0.2) is 18.2 Å². The van der Waals surface area contributed by atoms with Crippen molar-refractivity contribution in [3.8, 4) is 0 Å². The van der Waals surface area contributed by atoms with Gasteiger partial charge in [0.05, 0.1) is 5.69 Å². The highest BCUT2D eigenvalue weighted by Crippen LogP contribution is 2.30. The van der Waals surface area contributed by atoms with Crippen molar-refractivity contribution in [3.63, 3.8) is 0 Å². The molecule has 0 aliphatic carbocycles. The number of hydrogen-bond donors (Lipinski definition) is 1. The number of rotatable bonds is 5. The van der Waals surface area contributed by atoms with Crippen LogP contribution >= 0.6 is 23.2 Å². The lowest BCUT2D eigenvalue weighted by Crippen LogP contribution is -2.23. The maximum Gasteiger partial charge on any atom is 0.0629 e. The number of likely N-dealkylation sites (N-methyl/N-ethyl adjacent to an activating group) is 1. The molecular weight excluding hydrogens is 305 g/mol. The van der Waals surface area contributed by atoms with Gasteiger partial charge in [-0.25, -0.2) is 0 Å². The molecule has 0 spiro atoms. The second-order valence-electron chi connectivity index (χ2n) is 5.25. The topological polar surface area (TPSA) is 29.9 Å². The van der Waals surface area contributed by atoms with Gasteiger partial charge in [0.25, 0.3) is 0 Å². The third-order valence-corrected chi connectivity index (χ3v) is 4.43. The number of nitrogens with zero attached hydrogens (tertiary/aromatic N) is 2. The van der Waals surface area contributed by atoms with Crippen molar-refractivity contribution in [2.75, 3.05) is 6.54 Å². The standard InChI is InChI=1S/C16H21Cl2N3/c1-5-19-16(14-8-12(17)6-7-15(14)18)9-13-10(2)20-21(4)11(13)3/h6-8,16,19H,5,9H2,1-4H3. The quantitative estimate of drug-likeness (QED) is 0.891. The third kappa shape index (κ3) is 3.60. The van der Waals surface area contributed by atoms with Crippen molar-refractivity contribution in [2.24, 2.45) is 7.05 Å². The average molecular weight is 326 g/mol. The van der Waals surface area contributed by atoms with Crippen molar-refractivity contribution in [3.05, 3.63) is 50.8 Å². The predicted molar refractivity (Wildman–Crippen MR) is 89.3 cm³/mol. The molecule has 21 heavy (non-hydrogen) atoms. The SMILES string of the molecule is CCNC(Cc1c(C)nn(C)c1C)c1cc(Cl)ccc1Cl. The minimum Gasteiger partial charge on any atom is -0.310 e. The van der Waals surface area contributed by atoms with Gasteiger partial charge in [-0.2, -0.15) is 5.10 Å². The van der Waals surface area contributed by atoms with Crippen molar-refractivity contribution >= 4 is 23.2 Å². The Labute approximate surface area is 136 Å². The number of halogens is 2. The average Bonchev–Trinajstić information content (AvgIpc) is 2.67. The Kier molecular flexibility index (Phi) is 5.31. The van der Waals surface area contributed by atoms with E-state index in [0.29, 0.717) is 5.02 Å². The van der Waals surface area contributed by atoms with E-state index in [0.717, 1.165) is 29.2 Å². The Bertz CT molecular complexity index is 635. The van der Waals surface area contributed by atoms with Gasteiger partial charge in [-0.1, -0.05) is 30.1 Å². The van der Waals surface area contributed by atoms with E-state index in [1.165, 1.54) is 11.3 Å². The van der Waals surface area contributed by atoms with Gasteiger partial charge in [-0.3, -0.25) is 4.68 Å². The molecule has 0 fully saturated rings. The molecule has 0 aliphatic heterocycles. The van der Waals surface area contributed by atoms with Crippen LogP contribution in [0.2, 0.25) is 10.0 Å². The van der Waals surface area contributed by atoms with Gasteiger partial charge < -0.3 is 5.32 Å². The molecule has 0 saturated carbocycles. The van der Waals surface area contributed by atoms with Crippen LogP contribution < -0.4 is 5.32 Å². The predicted octanol–water partition coefficient (Wildman–Crippen LogP) is 4.24. The van der Waals surface area contributed by atoms with Crippen LogP contribution in [0.1, 0.15) is 35.5 Å². The molecule has 3 nitrogen and oxygen atoms in total. The lowest BCUT2D eigenvalue weighted by Gasteiger charge is -2.20. The first-order valence-corrected chi connectivity index (χ1v) is 7.87. The molecule has 0 aliphatic rings. The monoisotopic (exact) mass is 325 g/mol. The molecular formula is C16H21Cl2N3. The number of nitrogens with one attached hydrogen (secondary N) is 1. The zero-order valence-electron chi connectivity index (χ0n) is 12.9. The molecule has 0 radical (unpaired) electrons. The van der Waals surface area contributed by atoms with Crippen LogP contribution in [0.5, 0.6) is 0 Å². The first kappa shape index (κ1) is 16.3. The lowest BCUT2D eigenvalue weighted by molar-refractivity contribution is 0.547. The Hall–Kier alpha value is -1.03. The Balaban J connectivity index is 2.37. The van der Waals surface area contributed by atoms with Crippen LogP contribution in [0.25, 0.3) is 0 Å². The number of benzene rings is 1. The van der Waals surface area contributed by atoms with Crippen molar-refractivity contribution in [1.29, 1.82) is 0 Å². The molecule has 1 heterocycles. The zero-order valence-corrected chi connectivity index (χ0v) is 14.4. The second-order valence-corrected chi connectivity index (χ2v) is 6.10. The minimum absolute atomic E-state index is 0.128. The molecule has 1 aromatic carbocycles. The number of aryl methyl sites for hydroxylation is 2. The molecule has 5 heteroatoms. The van der Waals surface area contributed by atoms with Crippen molar-refractivity contribution in [2.45, 2.75) is 33.2 Å². The summed E-state index contributed by atoms with van der Waals surface area (Å²) in [5.74, 6) is 0. The van der Waals surface area contributed by atoms with E-state index in [1.54, 1.807) is 0 Å². The van der Waals surface area contributed by atoms with Crippen LogP contribution in [0.3, 0.4) is 0 Å². The van der Waals surface area contributed by atoms with Crippen LogP contribution in [0, 0.1) is 13.8 Å². The summed E-state index contributed by atoms with van der Waals surface area (Å²) < 4.78 is 1.92. The fraction of sp³-hybridized carbons (Fsp3) is 0.438. The fourth-order valence-corrected chi connectivity index (χ4v) is 3.07. The number of hydrogen-bond acceptors (Lipinski definition) is 2. The molecule has 1 unspecified atom stereocenters. The summed E-state index contributed by atoms with van der Waals surface area (Å²) in [4.78, 5) is 0. The van der Waals surface area contributed by atoms with Gasteiger partial charge in [0.1, 0.15) is 0 Å². The normalized spacial score (nSPS) is 12.7. The second kappa shape index (κ2) is 6.82. The van der Waals surface area contributed by atoms with Gasteiger partial charge in [-0.15, -0.1) is 0 Å². The molecule has 114 valence electrons. The maximum absolute atomic E-state index is 6.36. The van der Waals surface area contributed by atoms with Crippen molar-refractivity contribution < 1.29 is 0 Å². The van der Waals surface area contributed by atoms with E-state index in [1.807, 2.05) is 36.9 Å². The van der Waals surface area contributed by atoms with E-state index in [2.05, 4.69) is 24.3 Å². The summed E-state index contributed by atoms with van der Waals surface area (Å²) in [6.45, 7) is 7.10. The van der Waals surface area contributed by atoms with Crippen LogP contribution in [0.4, 0.5) is 0 Å². The van der Waals surface area contributed by atoms with E-state index in [4.69, 9.17) is 23.2 Å². The smallest absolute Gasteiger partial charge is 0.0629 e. The zero-order chi connectivity index (χ0) is 15.6. The van der Waals surface area contributed by atoms with E-state index < -0.39 is 0 Å². The molecule has 0 saturated heterocycles. The number of aromatic nitrogens is 2. The van der Waals surface area contributed by atoms with E-state index in [-0.39, 0.29) is 6.04 Å². The summed E-state index contributed by atoms with van der Waals surface area (Å²) in [6, 6.07) is 5.74. The molecule has 2 rings (SSSR count). The highest BCUT2D eigenvalue weighted by Gasteiger charge is 2.19. The third-order valence-electron chi connectivity index (χ3n) is 3.85. The lowest BCUT2D eigenvalue weighted by atomic mass is 9.97. The van der Waals surface area contributed by atoms with Gasteiger partial charge in [0, 0.05) is 28.8 Å². The van der Waals surface area contributed by atoms with Gasteiger partial charge >= 0.3 is 0 Å². The molecule has 1 N–H and O–H groups in total. The van der Waals surface area contributed by atoms with Crippen LogP contribution in [-0.4, -0.2) is 16.3 Å². The highest BCUT2D eigenvalue weighted by molar-refractivity contribution is 6.33. The van der Waals surface area contributed by atoms with Gasteiger partial charge in [0.2, 0.25) is 0 Å².